The van der Waals surface area contributed by atoms with Crippen LogP contribution < -0.4 is 5.32 Å². The molecule has 5 nitrogen and oxygen atoms in total. The Morgan fingerprint density at radius 1 is 1.43 bits per heavy atom. The van der Waals surface area contributed by atoms with Gasteiger partial charge in [-0.15, -0.1) is 0 Å². The molecule has 2 fully saturated rings. The molecule has 2 aliphatic heterocycles. The summed E-state index contributed by atoms with van der Waals surface area (Å²) in [6.07, 6.45) is 0.782. The Hall–Kier alpha value is -1.40. The molecule has 0 spiro atoms. The average molecular weight is 307 g/mol. The van der Waals surface area contributed by atoms with Crippen LogP contribution in [0.5, 0.6) is 0 Å². The summed E-state index contributed by atoms with van der Waals surface area (Å²) in [5.74, 6) is 0.382. The standard InChI is InChI=1S/C15H21N3O2S/c1-10(19)18-13(15(20)16-2)5-12-7-17(8-14(12)18)6-11-3-4-21-9-11/h3-4,9,12-14H,5-8H2,1-2H3,(H,16,20)/t12-,13-,14+/m0/s1. The van der Waals surface area contributed by atoms with Crippen LogP contribution in [0.3, 0.4) is 0 Å². The number of thiophene rings is 1. The van der Waals surface area contributed by atoms with Gasteiger partial charge in [-0.2, -0.15) is 11.3 Å². The Labute approximate surface area is 128 Å². The molecule has 3 atom stereocenters. The van der Waals surface area contributed by atoms with E-state index in [-0.39, 0.29) is 23.9 Å². The minimum absolute atomic E-state index is 0.00785. The van der Waals surface area contributed by atoms with Crippen LogP contribution in [0, 0.1) is 5.92 Å². The topological polar surface area (TPSA) is 52.7 Å². The van der Waals surface area contributed by atoms with Crippen molar-refractivity contribution in [2.75, 3.05) is 20.1 Å². The van der Waals surface area contributed by atoms with Gasteiger partial charge in [-0.3, -0.25) is 14.5 Å². The molecule has 3 heterocycles. The van der Waals surface area contributed by atoms with E-state index in [1.54, 1.807) is 30.2 Å². The molecule has 21 heavy (non-hydrogen) atoms. The first-order valence-corrected chi connectivity index (χ1v) is 8.28. The molecule has 1 aromatic heterocycles. The van der Waals surface area contributed by atoms with Gasteiger partial charge in [-0.1, -0.05) is 0 Å². The van der Waals surface area contributed by atoms with E-state index in [2.05, 4.69) is 27.0 Å². The van der Waals surface area contributed by atoms with Crippen LogP contribution in [0.4, 0.5) is 0 Å². The smallest absolute Gasteiger partial charge is 0.242 e. The van der Waals surface area contributed by atoms with E-state index in [0.717, 1.165) is 26.1 Å². The Balaban J connectivity index is 1.70. The number of nitrogens with zero attached hydrogens (tertiary/aromatic N) is 2. The molecule has 1 N–H and O–H groups in total. The molecule has 0 bridgehead atoms. The van der Waals surface area contributed by atoms with Crippen LogP contribution in [0.2, 0.25) is 0 Å². The first kappa shape index (κ1) is 14.5. The Morgan fingerprint density at radius 2 is 2.24 bits per heavy atom. The summed E-state index contributed by atoms with van der Waals surface area (Å²) >= 11 is 1.71. The number of likely N-dealkylation sites (N-methyl/N-ethyl adjacent to an activating group) is 1. The van der Waals surface area contributed by atoms with Crippen LogP contribution in [0.15, 0.2) is 16.8 Å². The zero-order valence-corrected chi connectivity index (χ0v) is 13.2. The minimum atomic E-state index is -0.286. The second kappa shape index (κ2) is 5.77. The van der Waals surface area contributed by atoms with Gasteiger partial charge in [0.1, 0.15) is 6.04 Å². The molecule has 0 aliphatic carbocycles. The maximum Gasteiger partial charge on any atom is 0.242 e. The molecule has 0 saturated carbocycles. The van der Waals surface area contributed by atoms with E-state index < -0.39 is 0 Å². The van der Waals surface area contributed by atoms with Gasteiger partial charge in [0, 0.05) is 39.6 Å². The van der Waals surface area contributed by atoms with Crippen molar-refractivity contribution in [2.24, 2.45) is 5.92 Å². The molecular formula is C15H21N3O2S. The number of fused-ring (bicyclic) bond motifs is 1. The molecule has 2 aliphatic rings. The zero-order chi connectivity index (χ0) is 15.0. The van der Waals surface area contributed by atoms with E-state index in [1.165, 1.54) is 5.56 Å². The number of amides is 2. The van der Waals surface area contributed by atoms with Crippen molar-refractivity contribution in [2.45, 2.75) is 32.0 Å². The molecule has 0 radical (unpaired) electrons. The molecule has 2 amide bonds. The summed E-state index contributed by atoms with van der Waals surface area (Å²) in [5.41, 5.74) is 1.33. The van der Waals surface area contributed by atoms with E-state index >= 15 is 0 Å². The van der Waals surface area contributed by atoms with Crippen LogP contribution in [0.25, 0.3) is 0 Å². The lowest BCUT2D eigenvalue weighted by Crippen LogP contribution is -2.49. The molecule has 0 aromatic carbocycles. The average Bonchev–Trinajstić information content (AvgIpc) is 3.12. The van der Waals surface area contributed by atoms with Gasteiger partial charge >= 0.3 is 0 Å². The summed E-state index contributed by atoms with van der Waals surface area (Å²) in [6.45, 7) is 4.35. The number of carbonyl (C=O) groups excluding carboxylic acids is 2. The van der Waals surface area contributed by atoms with Crippen molar-refractivity contribution in [1.29, 1.82) is 0 Å². The van der Waals surface area contributed by atoms with Crippen LogP contribution in [-0.4, -0.2) is 53.8 Å². The maximum atomic E-state index is 12.0. The van der Waals surface area contributed by atoms with Gasteiger partial charge in [0.15, 0.2) is 0 Å². The number of rotatable bonds is 3. The van der Waals surface area contributed by atoms with E-state index in [4.69, 9.17) is 0 Å². The van der Waals surface area contributed by atoms with Crippen molar-refractivity contribution in [3.8, 4) is 0 Å². The van der Waals surface area contributed by atoms with Crippen molar-refractivity contribution >= 4 is 23.2 Å². The quantitative estimate of drug-likeness (QED) is 0.903. The van der Waals surface area contributed by atoms with Gasteiger partial charge in [-0.25, -0.2) is 0 Å². The largest absolute Gasteiger partial charge is 0.357 e. The first-order valence-electron chi connectivity index (χ1n) is 7.34. The third-order valence-corrected chi connectivity index (χ3v) is 5.33. The second-order valence-electron chi connectivity index (χ2n) is 5.95. The first-order chi connectivity index (χ1) is 10.1. The SMILES string of the molecule is CNC(=O)[C@@H]1C[C@H]2CN(Cc3ccsc3)C[C@H]2N1C(C)=O. The predicted molar refractivity (Wildman–Crippen MR) is 81.9 cm³/mol. The van der Waals surface area contributed by atoms with E-state index in [0.29, 0.717) is 5.92 Å². The number of nitrogens with one attached hydrogen (secondary N) is 1. The normalized spacial score (nSPS) is 28.7. The third-order valence-electron chi connectivity index (χ3n) is 4.60. The highest BCUT2D eigenvalue weighted by atomic mass is 32.1. The van der Waals surface area contributed by atoms with E-state index in [1.807, 2.05) is 0 Å². The Kier molecular flexibility index (Phi) is 3.99. The number of carbonyl (C=O) groups is 2. The fourth-order valence-corrected chi connectivity index (χ4v) is 4.40. The summed E-state index contributed by atoms with van der Waals surface area (Å²) in [5, 5.41) is 6.95. The van der Waals surface area contributed by atoms with Gasteiger partial charge in [0.2, 0.25) is 11.8 Å². The number of likely N-dealkylation sites (tertiary alicyclic amines) is 2. The maximum absolute atomic E-state index is 12.0. The molecular weight excluding hydrogens is 286 g/mol. The van der Waals surface area contributed by atoms with Crippen molar-refractivity contribution in [3.63, 3.8) is 0 Å². The van der Waals surface area contributed by atoms with Crippen LogP contribution in [0.1, 0.15) is 18.9 Å². The second-order valence-corrected chi connectivity index (χ2v) is 6.73. The summed E-state index contributed by atoms with van der Waals surface area (Å²) < 4.78 is 0. The number of hydrogen-bond acceptors (Lipinski definition) is 4. The van der Waals surface area contributed by atoms with Crippen molar-refractivity contribution < 1.29 is 9.59 Å². The summed E-state index contributed by atoms with van der Waals surface area (Å²) in [4.78, 5) is 28.2. The highest BCUT2D eigenvalue weighted by Gasteiger charge is 2.49. The molecule has 1 aromatic rings. The third kappa shape index (κ3) is 2.70. The molecule has 0 unspecified atom stereocenters. The van der Waals surface area contributed by atoms with Gasteiger partial charge in [0.05, 0.1) is 0 Å². The van der Waals surface area contributed by atoms with Gasteiger partial charge in [0.25, 0.3) is 0 Å². The molecule has 6 heteroatoms. The predicted octanol–water partition coefficient (Wildman–Crippen LogP) is 0.915. The molecule has 3 rings (SSSR count). The van der Waals surface area contributed by atoms with Gasteiger partial charge < -0.3 is 10.2 Å². The lowest BCUT2D eigenvalue weighted by atomic mass is 10.0. The lowest BCUT2D eigenvalue weighted by Gasteiger charge is -2.28. The fraction of sp³-hybridized carbons (Fsp3) is 0.600. The number of hydrogen-bond donors (Lipinski definition) is 1. The molecule has 2 saturated heterocycles. The van der Waals surface area contributed by atoms with E-state index in [9.17, 15) is 9.59 Å². The lowest BCUT2D eigenvalue weighted by molar-refractivity contribution is -0.138. The minimum Gasteiger partial charge on any atom is -0.357 e. The van der Waals surface area contributed by atoms with Crippen LogP contribution in [-0.2, 0) is 16.1 Å². The fourth-order valence-electron chi connectivity index (χ4n) is 3.74. The van der Waals surface area contributed by atoms with Gasteiger partial charge in [-0.05, 0) is 34.7 Å². The van der Waals surface area contributed by atoms with Crippen molar-refractivity contribution in [3.05, 3.63) is 22.4 Å². The Morgan fingerprint density at radius 3 is 2.86 bits per heavy atom. The highest BCUT2D eigenvalue weighted by molar-refractivity contribution is 7.07. The summed E-state index contributed by atoms with van der Waals surface area (Å²) in [6, 6.07) is 2.05. The highest BCUT2D eigenvalue weighted by Crippen LogP contribution is 2.36. The molecule has 114 valence electrons. The monoisotopic (exact) mass is 307 g/mol. The zero-order valence-electron chi connectivity index (χ0n) is 12.4. The van der Waals surface area contributed by atoms with Crippen LogP contribution >= 0.6 is 11.3 Å². The summed E-state index contributed by atoms with van der Waals surface area (Å²) in [7, 11) is 1.64. The Bertz CT molecular complexity index is 531. The van der Waals surface area contributed by atoms with Crippen molar-refractivity contribution in [1.82, 2.24) is 15.1 Å².